The van der Waals surface area contributed by atoms with Crippen LogP contribution in [0.4, 0.5) is 5.69 Å². The molecule has 2 aromatic rings. The minimum Gasteiger partial charge on any atom is -0.480 e. The van der Waals surface area contributed by atoms with E-state index in [2.05, 4.69) is 0 Å². The number of carbonyl (C=O) groups is 1. The topological polar surface area (TPSA) is 83.9 Å². The lowest BCUT2D eigenvalue weighted by molar-refractivity contribution is -0.138. The van der Waals surface area contributed by atoms with Gasteiger partial charge in [0.1, 0.15) is 6.04 Å². The molecule has 0 saturated carbocycles. The smallest absolute Gasteiger partial charge is 0.327 e. The number of hydrogen-bond donors (Lipinski definition) is 1. The Labute approximate surface area is 153 Å². The molecular weight excluding hydrogens is 354 g/mol. The first-order valence-corrected chi connectivity index (χ1v) is 10.0. The van der Waals surface area contributed by atoms with E-state index in [1.807, 2.05) is 30.3 Å². The Bertz CT molecular complexity index is 867. The Morgan fingerprint density at radius 3 is 2.54 bits per heavy atom. The van der Waals surface area contributed by atoms with Gasteiger partial charge in [-0.25, -0.2) is 13.2 Å². The van der Waals surface area contributed by atoms with Gasteiger partial charge in [0.15, 0.2) is 0 Å². The number of rotatable bonds is 8. The van der Waals surface area contributed by atoms with Gasteiger partial charge in [0.2, 0.25) is 10.0 Å². The number of fused-ring (bicyclic) bond motifs is 1. The highest BCUT2D eigenvalue weighted by molar-refractivity contribution is 7.92. The van der Waals surface area contributed by atoms with Crippen molar-refractivity contribution in [1.29, 1.82) is 0 Å². The summed E-state index contributed by atoms with van der Waals surface area (Å²) in [6.07, 6.45) is 0.495. The molecule has 1 N–H and O–H groups in total. The molecule has 3 rings (SSSR count). The van der Waals surface area contributed by atoms with Crippen LogP contribution in [-0.4, -0.2) is 37.9 Å². The van der Waals surface area contributed by atoms with Crippen molar-refractivity contribution in [3.05, 3.63) is 65.7 Å². The summed E-state index contributed by atoms with van der Waals surface area (Å²) in [6.45, 7) is 0.715. The predicted octanol–water partition coefficient (Wildman–Crippen LogP) is 2.44. The maximum Gasteiger partial charge on any atom is 0.327 e. The summed E-state index contributed by atoms with van der Waals surface area (Å²) < 4.78 is 32.1. The number of para-hydroxylation sites is 1. The first kappa shape index (κ1) is 18.4. The van der Waals surface area contributed by atoms with Gasteiger partial charge in [-0.15, -0.1) is 0 Å². The third kappa shape index (κ3) is 4.05. The quantitative estimate of drug-likeness (QED) is 0.717. The number of benzene rings is 2. The second-order valence-corrected chi connectivity index (χ2v) is 8.16. The fourth-order valence-electron chi connectivity index (χ4n) is 3.09. The summed E-state index contributed by atoms with van der Waals surface area (Å²) in [4.78, 5) is 11.5. The van der Waals surface area contributed by atoms with Gasteiger partial charge in [-0.05, 0) is 23.6 Å². The van der Waals surface area contributed by atoms with Crippen molar-refractivity contribution in [2.75, 3.05) is 16.7 Å². The molecule has 1 aliphatic rings. The first-order chi connectivity index (χ1) is 12.5. The molecular formula is C19H21NO5S. The average molecular weight is 375 g/mol. The molecule has 26 heavy (non-hydrogen) atoms. The molecule has 7 heteroatoms. The Morgan fingerprint density at radius 1 is 1.12 bits per heavy atom. The van der Waals surface area contributed by atoms with Crippen LogP contribution in [0, 0.1) is 0 Å². The van der Waals surface area contributed by atoms with E-state index >= 15 is 0 Å². The number of anilines is 1. The first-order valence-electron chi connectivity index (χ1n) is 8.43. The van der Waals surface area contributed by atoms with E-state index < -0.39 is 22.0 Å². The molecule has 0 aliphatic carbocycles. The second-order valence-electron chi connectivity index (χ2n) is 6.19. The molecule has 1 heterocycles. The van der Waals surface area contributed by atoms with Crippen molar-refractivity contribution in [3.8, 4) is 0 Å². The van der Waals surface area contributed by atoms with E-state index in [0.717, 1.165) is 15.4 Å². The number of aliphatic carboxylic acids is 1. The zero-order chi connectivity index (χ0) is 18.6. The van der Waals surface area contributed by atoms with E-state index in [-0.39, 0.29) is 12.2 Å². The van der Waals surface area contributed by atoms with Crippen molar-refractivity contribution in [3.63, 3.8) is 0 Å². The Balaban J connectivity index is 1.60. The number of ether oxygens (including phenoxy) is 1. The van der Waals surface area contributed by atoms with Crippen molar-refractivity contribution in [2.24, 2.45) is 0 Å². The normalized spacial score (nSPS) is 16.5. The van der Waals surface area contributed by atoms with Gasteiger partial charge in [-0.2, -0.15) is 0 Å². The molecule has 0 spiro atoms. The fourth-order valence-corrected chi connectivity index (χ4v) is 4.80. The second kappa shape index (κ2) is 7.88. The van der Waals surface area contributed by atoms with Gasteiger partial charge >= 0.3 is 5.97 Å². The van der Waals surface area contributed by atoms with Crippen molar-refractivity contribution in [1.82, 2.24) is 0 Å². The van der Waals surface area contributed by atoms with Crippen LogP contribution in [-0.2, 0) is 32.6 Å². The van der Waals surface area contributed by atoms with E-state index in [0.29, 0.717) is 25.3 Å². The number of nitrogens with zero attached hydrogens (tertiary/aromatic N) is 1. The van der Waals surface area contributed by atoms with E-state index in [9.17, 15) is 18.3 Å². The monoisotopic (exact) mass is 375 g/mol. The lowest BCUT2D eigenvalue weighted by atomic mass is 10.1. The highest BCUT2D eigenvalue weighted by Gasteiger charge is 2.41. The van der Waals surface area contributed by atoms with Gasteiger partial charge in [-0.3, -0.25) is 4.31 Å². The van der Waals surface area contributed by atoms with Crippen molar-refractivity contribution >= 4 is 21.7 Å². The molecule has 0 amide bonds. The Morgan fingerprint density at radius 2 is 1.81 bits per heavy atom. The Kier molecular flexibility index (Phi) is 5.58. The van der Waals surface area contributed by atoms with Crippen LogP contribution in [0.25, 0.3) is 0 Å². The van der Waals surface area contributed by atoms with Crippen molar-refractivity contribution in [2.45, 2.75) is 25.5 Å². The van der Waals surface area contributed by atoms with Crippen molar-refractivity contribution < 1.29 is 23.1 Å². The molecule has 6 nitrogen and oxygen atoms in total. The predicted molar refractivity (Wildman–Crippen MR) is 98.6 cm³/mol. The average Bonchev–Trinajstić information content (AvgIpc) is 3.03. The van der Waals surface area contributed by atoms with Crippen LogP contribution in [0.1, 0.15) is 17.5 Å². The molecule has 0 bridgehead atoms. The van der Waals surface area contributed by atoms with Crippen LogP contribution in [0.2, 0.25) is 0 Å². The zero-order valence-corrected chi connectivity index (χ0v) is 15.1. The summed E-state index contributed by atoms with van der Waals surface area (Å²) in [5, 5.41) is 9.42. The zero-order valence-electron chi connectivity index (χ0n) is 14.2. The standard InChI is InChI=1S/C19H21NO5S/c21-19(22)18-13-16-9-4-5-10-17(16)20(18)26(23,24)12-6-11-25-14-15-7-2-1-3-8-15/h1-5,7-10,18H,6,11-14H2,(H,21,22)/t18-/m0/s1. The molecule has 1 aliphatic heterocycles. The van der Waals surface area contributed by atoms with E-state index in [4.69, 9.17) is 4.74 Å². The van der Waals surface area contributed by atoms with Gasteiger partial charge in [0, 0.05) is 13.0 Å². The summed E-state index contributed by atoms with van der Waals surface area (Å²) in [5.41, 5.74) is 2.23. The van der Waals surface area contributed by atoms with E-state index in [1.165, 1.54) is 0 Å². The minimum absolute atomic E-state index is 0.153. The lowest BCUT2D eigenvalue weighted by Crippen LogP contribution is -2.44. The highest BCUT2D eigenvalue weighted by Crippen LogP contribution is 2.34. The van der Waals surface area contributed by atoms with Gasteiger partial charge in [-0.1, -0.05) is 48.5 Å². The van der Waals surface area contributed by atoms with Gasteiger partial charge in [0.25, 0.3) is 0 Å². The lowest BCUT2D eigenvalue weighted by Gasteiger charge is -2.24. The van der Waals surface area contributed by atoms with Gasteiger partial charge in [0.05, 0.1) is 18.0 Å². The third-order valence-corrected chi connectivity index (χ3v) is 6.17. The fraction of sp³-hybridized carbons (Fsp3) is 0.316. The van der Waals surface area contributed by atoms with Crippen LogP contribution in [0.3, 0.4) is 0 Å². The molecule has 0 fully saturated rings. The van der Waals surface area contributed by atoms with E-state index in [1.54, 1.807) is 24.3 Å². The molecule has 0 radical (unpaired) electrons. The molecule has 2 aromatic carbocycles. The number of carboxylic acids is 1. The third-order valence-electron chi connectivity index (χ3n) is 4.31. The Hall–Kier alpha value is -2.38. The van der Waals surface area contributed by atoms with Crippen LogP contribution in [0.5, 0.6) is 0 Å². The molecule has 0 unspecified atom stereocenters. The molecule has 138 valence electrons. The summed E-state index contributed by atoms with van der Waals surface area (Å²) in [7, 11) is -3.74. The number of carboxylic acid groups (broad SMARTS) is 1. The molecule has 0 saturated heterocycles. The molecule has 0 aromatic heterocycles. The number of sulfonamides is 1. The highest BCUT2D eigenvalue weighted by atomic mass is 32.2. The summed E-state index contributed by atoms with van der Waals surface area (Å²) in [6, 6.07) is 15.5. The van der Waals surface area contributed by atoms with Crippen LogP contribution < -0.4 is 4.31 Å². The summed E-state index contributed by atoms with van der Waals surface area (Å²) >= 11 is 0. The van der Waals surface area contributed by atoms with Gasteiger partial charge < -0.3 is 9.84 Å². The van der Waals surface area contributed by atoms with Crippen LogP contribution >= 0.6 is 0 Å². The minimum atomic E-state index is -3.74. The van der Waals surface area contributed by atoms with Crippen LogP contribution in [0.15, 0.2) is 54.6 Å². The molecule has 1 atom stereocenters. The number of hydrogen-bond acceptors (Lipinski definition) is 4. The largest absolute Gasteiger partial charge is 0.480 e. The maximum absolute atomic E-state index is 12.8. The SMILES string of the molecule is O=C(O)[C@@H]1Cc2ccccc2N1S(=O)(=O)CCCOCc1ccccc1. The summed E-state index contributed by atoms with van der Waals surface area (Å²) in [5.74, 6) is -1.29. The maximum atomic E-state index is 12.8.